The van der Waals surface area contributed by atoms with Gasteiger partial charge in [0, 0.05) is 29.9 Å². The van der Waals surface area contributed by atoms with Crippen molar-refractivity contribution in [1.29, 1.82) is 0 Å². The van der Waals surface area contributed by atoms with Gasteiger partial charge in [0.05, 0.1) is 10.8 Å². The van der Waals surface area contributed by atoms with Gasteiger partial charge in [-0.05, 0) is 36.6 Å². The van der Waals surface area contributed by atoms with E-state index >= 15 is 0 Å². The lowest BCUT2D eigenvalue weighted by Gasteiger charge is -2.28. The van der Waals surface area contributed by atoms with E-state index in [9.17, 15) is 4.21 Å². The molecule has 2 nitrogen and oxygen atoms in total. The maximum atomic E-state index is 13.3. The van der Waals surface area contributed by atoms with E-state index in [4.69, 9.17) is 11.6 Å². The van der Waals surface area contributed by atoms with Crippen LogP contribution >= 0.6 is 11.6 Å². The van der Waals surface area contributed by atoms with Crippen LogP contribution in [0.1, 0.15) is 30.0 Å². The Kier molecular flexibility index (Phi) is 6.15. The average Bonchev–Trinajstić information content (AvgIpc) is 3.30. The highest BCUT2D eigenvalue weighted by molar-refractivity contribution is 7.88. The largest absolute Gasteiger partial charge is 0.294 e. The summed E-state index contributed by atoms with van der Waals surface area (Å²) in [5.41, 5.74) is 3.51. The highest BCUT2D eigenvalue weighted by Gasteiger charge is 2.68. The molecule has 1 aliphatic carbocycles. The van der Waals surface area contributed by atoms with Crippen LogP contribution in [0.25, 0.3) is 0 Å². The summed E-state index contributed by atoms with van der Waals surface area (Å²) in [6.07, 6.45) is 0.752. The zero-order valence-corrected chi connectivity index (χ0v) is 19.1. The Morgan fingerprint density at radius 2 is 1.37 bits per heavy atom. The molecule has 0 amide bonds. The molecular weight excluding hydrogens is 410 g/mol. The monoisotopic (exact) mass is 437 g/mol. The third kappa shape index (κ3) is 4.54. The molecule has 3 atom stereocenters. The topological polar surface area (TPSA) is 20.3 Å². The molecule has 4 rings (SSSR count). The molecule has 0 spiro atoms. The number of hydrogen-bond donors (Lipinski definition) is 0. The Bertz CT molecular complexity index is 967. The molecule has 0 aliphatic heterocycles. The summed E-state index contributed by atoms with van der Waals surface area (Å²) in [6.45, 7) is 6.70. The average molecular weight is 438 g/mol. The smallest absolute Gasteiger partial charge is 0.131 e. The van der Waals surface area contributed by atoms with Gasteiger partial charge in [-0.25, -0.2) is 0 Å². The molecule has 1 fully saturated rings. The molecule has 0 bridgehead atoms. The predicted molar refractivity (Wildman–Crippen MR) is 126 cm³/mol. The number of hydrogen-bond acceptors (Lipinski definition) is 2. The maximum Gasteiger partial charge on any atom is 0.131 e. The molecule has 3 aromatic carbocycles. The first-order valence-corrected chi connectivity index (χ1v) is 11.9. The molecule has 156 valence electrons. The Morgan fingerprint density at radius 1 is 0.867 bits per heavy atom. The van der Waals surface area contributed by atoms with E-state index < -0.39 is 15.0 Å². The normalized spacial score (nSPS) is 24.0. The van der Waals surface area contributed by atoms with Crippen LogP contribution in [0.5, 0.6) is 0 Å². The molecule has 1 aliphatic rings. The van der Waals surface area contributed by atoms with Crippen LogP contribution < -0.4 is 0 Å². The first kappa shape index (κ1) is 21.3. The molecule has 30 heavy (non-hydrogen) atoms. The molecule has 0 aromatic heterocycles. The fraction of sp³-hybridized carbons (Fsp3) is 0.308. The lowest BCUT2D eigenvalue weighted by molar-refractivity contribution is 0.210. The lowest BCUT2D eigenvalue weighted by Crippen LogP contribution is -2.33. The van der Waals surface area contributed by atoms with Crippen molar-refractivity contribution >= 4 is 22.4 Å². The molecule has 0 heterocycles. The van der Waals surface area contributed by atoms with Crippen LogP contribution in [-0.4, -0.2) is 19.9 Å². The molecule has 0 radical (unpaired) electrons. The van der Waals surface area contributed by atoms with Crippen molar-refractivity contribution in [2.75, 3.05) is 6.54 Å². The Labute approximate surface area is 187 Å². The first-order valence-electron chi connectivity index (χ1n) is 10.4. The van der Waals surface area contributed by atoms with Gasteiger partial charge in [-0.1, -0.05) is 85.3 Å². The Morgan fingerprint density at radius 3 is 1.87 bits per heavy atom. The third-order valence-electron chi connectivity index (χ3n) is 5.99. The summed E-state index contributed by atoms with van der Waals surface area (Å²) in [5.74, 6) is 0. The zero-order chi connectivity index (χ0) is 21.2. The third-order valence-corrected chi connectivity index (χ3v) is 8.93. The van der Waals surface area contributed by atoms with Crippen molar-refractivity contribution in [3.8, 4) is 0 Å². The number of rotatable bonds is 8. The fourth-order valence-corrected chi connectivity index (χ4v) is 6.45. The van der Waals surface area contributed by atoms with Crippen molar-refractivity contribution in [2.45, 2.75) is 42.5 Å². The van der Waals surface area contributed by atoms with Crippen LogP contribution in [-0.2, 0) is 23.9 Å². The number of halogens is 1. The van der Waals surface area contributed by atoms with E-state index in [0.29, 0.717) is 0 Å². The van der Waals surface area contributed by atoms with Crippen molar-refractivity contribution in [2.24, 2.45) is 5.41 Å². The quantitative estimate of drug-likeness (QED) is 0.394. The van der Waals surface area contributed by atoms with Gasteiger partial charge < -0.3 is 0 Å². The van der Waals surface area contributed by atoms with Crippen molar-refractivity contribution in [3.63, 3.8) is 0 Å². The molecular formula is C26H28ClNOS. The van der Waals surface area contributed by atoms with Crippen molar-refractivity contribution in [3.05, 3.63) is 102 Å². The van der Waals surface area contributed by atoms with Crippen LogP contribution in [0.4, 0.5) is 0 Å². The van der Waals surface area contributed by atoms with Crippen LogP contribution in [0.3, 0.4) is 0 Å². The fourth-order valence-electron chi connectivity index (χ4n) is 4.11. The van der Waals surface area contributed by atoms with E-state index in [0.717, 1.165) is 36.5 Å². The van der Waals surface area contributed by atoms with Gasteiger partial charge in [0.15, 0.2) is 0 Å². The zero-order valence-electron chi connectivity index (χ0n) is 17.6. The number of benzene rings is 3. The molecule has 3 aromatic rings. The Hall–Kier alpha value is -1.94. The van der Waals surface area contributed by atoms with Crippen molar-refractivity contribution in [1.82, 2.24) is 4.90 Å². The van der Waals surface area contributed by atoms with E-state index in [1.54, 1.807) is 0 Å². The number of nitrogens with zero attached hydrogens (tertiary/aromatic N) is 1. The van der Waals surface area contributed by atoms with Gasteiger partial charge in [0.25, 0.3) is 0 Å². The minimum atomic E-state index is -1.24. The highest BCUT2D eigenvalue weighted by atomic mass is 35.5. The standard InChI is InChI=1S/C26H28ClNOS/c1-21-13-15-24(16-14-21)30(29)26(27)19-25(26,2)20-28(17-22-9-5-3-6-10-22)18-23-11-7-4-8-12-23/h3-16H,17-20H2,1-2H3/t25-,26-,30?/m1/s1. The van der Waals surface area contributed by atoms with Crippen LogP contribution in [0.2, 0.25) is 0 Å². The first-order chi connectivity index (χ1) is 14.4. The van der Waals surface area contributed by atoms with E-state index in [1.807, 2.05) is 43.3 Å². The van der Waals surface area contributed by atoms with E-state index in [2.05, 4.69) is 60.4 Å². The second-order valence-electron chi connectivity index (χ2n) is 8.66. The van der Waals surface area contributed by atoms with E-state index in [1.165, 1.54) is 11.1 Å². The molecule has 4 heteroatoms. The summed E-state index contributed by atoms with van der Waals surface area (Å²) in [6, 6.07) is 28.9. The molecule has 1 unspecified atom stereocenters. The number of alkyl halides is 1. The van der Waals surface area contributed by atoms with Crippen molar-refractivity contribution < 1.29 is 4.21 Å². The molecule has 0 N–H and O–H groups in total. The second-order valence-corrected chi connectivity index (χ2v) is 11.2. The summed E-state index contributed by atoms with van der Waals surface area (Å²) in [4.78, 5) is 3.25. The van der Waals surface area contributed by atoms with Gasteiger partial charge in [-0.3, -0.25) is 9.11 Å². The van der Waals surface area contributed by atoms with E-state index in [-0.39, 0.29) is 5.41 Å². The molecule has 1 saturated carbocycles. The van der Waals surface area contributed by atoms with Gasteiger partial charge in [-0.15, -0.1) is 11.6 Å². The van der Waals surface area contributed by atoms with Gasteiger partial charge in [0.2, 0.25) is 0 Å². The van der Waals surface area contributed by atoms with Crippen LogP contribution in [0, 0.1) is 12.3 Å². The summed E-state index contributed by atoms with van der Waals surface area (Å²) in [7, 11) is -1.24. The molecule has 0 saturated heterocycles. The predicted octanol–water partition coefficient (Wildman–Crippen LogP) is 6.15. The van der Waals surface area contributed by atoms with Gasteiger partial charge in [0.1, 0.15) is 4.21 Å². The maximum absolute atomic E-state index is 13.3. The minimum Gasteiger partial charge on any atom is -0.294 e. The second kappa shape index (κ2) is 8.66. The summed E-state index contributed by atoms with van der Waals surface area (Å²) in [5, 5.41) is 0. The SMILES string of the molecule is Cc1ccc(S(=O)[C@]2(Cl)C[C@]2(C)CN(Cc2ccccc2)Cc2ccccc2)cc1. The van der Waals surface area contributed by atoms with Crippen LogP contribution in [0.15, 0.2) is 89.8 Å². The lowest BCUT2D eigenvalue weighted by atomic mass is 10.1. The summed E-state index contributed by atoms with van der Waals surface area (Å²) >= 11 is 7.00. The highest BCUT2D eigenvalue weighted by Crippen LogP contribution is 2.64. The van der Waals surface area contributed by atoms with Gasteiger partial charge in [-0.2, -0.15) is 0 Å². The van der Waals surface area contributed by atoms with Gasteiger partial charge >= 0.3 is 0 Å². The summed E-state index contributed by atoms with van der Waals surface area (Å²) < 4.78 is 12.6. The number of aryl methyl sites for hydroxylation is 1. The minimum absolute atomic E-state index is 0.201. The Balaban J connectivity index is 1.53.